The molecule has 0 unspecified atom stereocenters. The van der Waals surface area contributed by atoms with Gasteiger partial charge in [-0.05, 0) is 67.4 Å². The second-order valence-electron chi connectivity index (χ2n) is 10.1. The van der Waals surface area contributed by atoms with E-state index < -0.39 is 5.60 Å². The topological polar surface area (TPSA) is 48.4 Å². The summed E-state index contributed by atoms with van der Waals surface area (Å²) in [5.74, 6) is 1.50. The summed E-state index contributed by atoms with van der Waals surface area (Å²) in [7, 11) is 3.75. The number of fused-ring (bicyclic) bond motifs is 8. The highest BCUT2D eigenvalue weighted by Gasteiger charge is 2.53. The van der Waals surface area contributed by atoms with Crippen LogP contribution in [-0.2, 0) is 11.0 Å². The number of hydrogen-bond donors (Lipinski definition) is 2. The Morgan fingerprint density at radius 1 is 0.943 bits per heavy atom. The van der Waals surface area contributed by atoms with Gasteiger partial charge in [0.25, 0.3) is 0 Å². The van der Waals surface area contributed by atoms with Crippen LogP contribution in [0.2, 0.25) is 0 Å². The average Bonchev–Trinajstić information content (AvgIpc) is 3.39. The van der Waals surface area contributed by atoms with E-state index in [1.54, 1.807) is 11.8 Å². The maximum absolute atomic E-state index is 11.6. The third kappa shape index (κ3) is 4.23. The first-order valence-corrected chi connectivity index (χ1v) is 13.8. The molecule has 6 rings (SSSR count). The molecule has 3 aliphatic rings. The van der Waals surface area contributed by atoms with Gasteiger partial charge < -0.3 is 15.3 Å². The molecular formula is C30H37N3OS. The Labute approximate surface area is 214 Å². The van der Waals surface area contributed by atoms with Crippen LogP contribution in [0.3, 0.4) is 0 Å². The monoisotopic (exact) mass is 487 g/mol. The number of benzene rings is 2. The minimum Gasteiger partial charge on any atom is -0.385 e. The van der Waals surface area contributed by atoms with E-state index in [-0.39, 0.29) is 5.41 Å². The van der Waals surface area contributed by atoms with E-state index in [4.69, 9.17) is 0 Å². The Hall–Kier alpha value is -2.18. The summed E-state index contributed by atoms with van der Waals surface area (Å²) in [6, 6.07) is 22.2. The van der Waals surface area contributed by atoms with Crippen molar-refractivity contribution in [2.45, 2.75) is 48.1 Å². The van der Waals surface area contributed by atoms with Crippen LogP contribution in [0.5, 0.6) is 0 Å². The van der Waals surface area contributed by atoms with Crippen LogP contribution in [0.4, 0.5) is 0 Å². The second-order valence-corrected chi connectivity index (χ2v) is 11.4. The molecule has 3 aromatic rings. The minimum atomic E-state index is -0.774. The van der Waals surface area contributed by atoms with Crippen LogP contribution in [0.15, 0.2) is 71.9 Å². The maximum atomic E-state index is 11.6. The quantitative estimate of drug-likeness (QED) is 0.488. The molecule has 5 heteroatoms. The number of nitrogens with zero attached hydrogens (tertiary/aromatic N) is 2. The molecule has 0 atom stereocenters. The van der Waals surface area contributed by atoms with Gasteiger partial charge in [-0.2, -0.15) is 0 Å². The van der Waals surface area contributed by atoms with Gasteiger partial charge in [-0.15, -0.1) is 11.8 Å². The van der Waals surface area contributed by atoms with Crippen molar-refractivity contribution in [3.8, 4) is 0 Å². The number of likely N-dealkylation sites (tertiary alicyclic amines) is 1. The molecule has 2 N–H and O–H groups in total. The van der Waals surface area contributed by atoms with Crippen molar-refractivity contribution in [3.05, 3.63) is 94.7 Å². The molecule has 2 aliphatic carbocycles. The van der Waals surface area contributed by atoms with Gasteiger partial charge in [0.2, 0.25) is 0 Å². The summed E-state index contributed by atoms with van der Waals surface area (Å²) in [6.07, 6.45) is 4.55. The number of nitrogens with one attached hydrogen (secondary N) is 1. The highest BCUT2D eigenvalue weighted by Crippen LogP contribution is 2.60. The first-order valence-electron chi connectivity index (χ1n) is 12.9. The molecule has 0 radical (unpaired) electrons. The molecule has 184 valence electrons. The lowest BCUT2D eigenvalue weighted by Gasteiger charge is -2.43. The van der Waals surface area contributed by atoms with Crippen molar-refractivity contribution < 1.29 is 5.11 Å². The third-order valence-electron chi connectivity index (χ3n) is 7.99. The van der Waals surface area contributed by atoms with E-state index in [1.165, 1.54) is 28.7 Å². The lowest BCUT2D eigenvalue weighted by Crippen LogP contribution is -2.48. The molecule has 1 aliphatic heterocycles. The van der Waals surface area contributed by atoms with E-state index in [0.717, 1.165) is 48.8 Å². The number of thioether (sulfide) groups is 1. The average molecular weight is 488 g/mol. The second kappa shape index (κ2) is 10.1. The molecule has 0 amide bonds. The summed E-state index contributed by atoms with van der Waals surface area (Å²) >= 11 is 1.73. The van der Waals surface area contributed by atoms with Crippen LogP contribution >= 0.6 is 11.8 Å². The Morgan fingerprint density at radius 2 is 1.51 bits per heavy atom. The predicted molar refractivity (Wildman–Crippen MR) is 145 cm³/mol. The van der Waals surface area contributed by atoms with Crippen molar-refractivity contribution in [3.63, 3.8) is 0 Å². The number of rotatable bonds is 5. The summed E-state index contributed by atoms with van der Waals surface area (Å²) in [5.41, 5.74) is 6.43. The smallest absolute Gasteiger partial charge is 0.102 e. The molecule has 0 saturated carbocycles. The molecule has 2 bridgehead atoms. The predicted octanol–water partition coefficient (Wildman–Crippen LogP) is 5.15. The summed E-state index contributed by atoms with van der Waals surface area (Å²) in [6.45, 7) is 5.01. The summed E-state index contributed by atoms with van der Waals surface area (Å²) in [4.78, 5) is 7.16. The molecule has 2 heterocycles. The SMILES string of the molecule is CCSc1ncccc1C1(O)CCN(CC23CC(c4ccccc42)c2ccccc23)CC1.CNC. The van der Waals surface area contributed by atoms with Crippen molar-refractivity contribution in [2.24, 2.45) is 0 Å². The van der Waals surface area contributed by atoms with Gasteiger partial charge in [0.05, 0.1) is 5.60 Å². The Morgan fingerprint density at radius 3 is 2.11 bits per heavy atom. The van der Waals surface area contributed by atoms with E-state index in [0.29, 0.717) is 5.92 Å². The zero-order valence-electron chi connectivity index (χ0n) is 21.1. The zero-order chi connectivity index (χ0) is 24.5. The maximum Gasteiger partial charge on any atom is 0.102 e. The molecular weight excluding hydrogens is 450 g/mol. The Bertz CT molecular complexity index is 1120. The normalized spacial score (nSPS) is 23.8. The molecule has 0 spiro atoms. The van der Waals surface area contributed by atoms with Crippen LogP contribution in [-0.4, -0.2) is 54.5 Å². The molecule has 1 aromatic heterocycles. The standard InChI is InChI=1S/C28H30N2OS.C2H7N/c1-2-32-26-25(12-7-15-29-26)28(31)13-16-30(17-14-28)19-27-18-22(20-8-3-5-10-23(20)27)21-9-4-6-11-24(21)27;1-3-2/h3-12,15,22,31H,2,13-14,16-19H2,1H3;3H,1-2H3. The van der Waals surface area contributed by atoms with Gasteiger partial charge in [-0.25, -0.2) is 4.98 Å². The van der Waals surface area contributed by atoms with Crippen molar-refractivity contribution in [2.75, 3.05) is 39.5 Å². The first-order chi connectivity index (χ1) is 17.1. The van der Waals surface area contributed by atoms with Gasteiger partial charge in [0.15, 0.2) is 0 Å². The molecule has 1 fully saturated rings. The number of hydrogen-bond acceptors (Lipinski definition) is 5. The number of aliphatic hydroxyl groups is 1. The van der Waals surface area contributed by atoms with Gasteiger partial charge in [-0.1, -0.05) is 61.5 Å². The fraction of sp³-hybridized carbons (Fsp3) is 0.433. The van der Waals surface area contributed by atoms with Crippen LogP contribution in [0, 0.1) is 0 Å². The first kappa shape index (κ1) is 24.5. The highest BCUT2D eigenvalue weighted by atomic mass is 32.2. The lowest BCUT2D eigenvalue weighted by atomic mass is 9.74. The van der Waals surface area contributed by atoms with Crippen LogP contribution < -0.4 is 5.32 Å². The van der Waals surface area contributed by atoms with Crippen LogP contribution in [0.1, 0.15) is 59.9 Å². The fourth-order valence-electron chi connectivity index (χ4n) is 6.54. The fourth-order valence-corrected chi connectivity index (χ4v) is 7.36. The lowest BCUT2D eigenvalue weighted by molar-refractivity contribution is -0.0313. The van der Waals surface area contributed by atoms with Crippen molar-refractivity contribution in [1.29, 1.82) is 0 Å². The minimum absolute atomic E-state index is 0.0881. The molecule has 1 saturated heterocycles. The van der Waals surface area contributed by atoms with E-state index in [9.17, 15) is 5.11 Å². The van der Waals surface area contributed by atoms with Gasteiger partial charge in [-0.3, -0.25) is 0 Å². The van der Waals surface area contributed by atoms with E-state index >= 15 is 0 Å². The van der Waals surface area contributed by atoms with Gasteiger partial charge >= 0.3 is 0 Å². The van der Waals surface area contributed by atoms with Gasteiger partial charge in [0.1, 0.15) is 5.03 Å². The molecule has 2 aromatic carbocycles. The Balaban J connectivity index is 0.000000806. The third-order valence-corrected chi connectivity index (χ3v) is 8.87. The highest BCUT2D eigenvalue weighted by molar-refractivity contribution is 7.99. The molecule has 4 nitrogen and oxygen atoms in total. The van der Waals surface area contributed by atoms with E-state index in [2.05, 4.69) is 76.7 Å². The molecule has 35 heavy (non-hydrogen) atoms. The van der Waals surface area contributed by atoms with Crippen molar-refractivity contribution in [1.82, 2.24) is 15.2 Å². The largest absolute Gasteiger partial charge is 0.385 e. The Kier molecular flexibility index (Phi) is 7.04. The number of aromatic nitrogens is 1. The number of pyridine rings is 1. The van der Waals surface area contributed by atoms with Crippen molar-refractivity contribution >= 4 is 11.8 Å². The number of piperidine rings is 1. The zero-order valence-corrected chi connectivity index (χ0v) is 21.9. The van der Waals surface area contributed by atoms with Crippen LogP contribution in [0.25, 0.3) is 0 Å². The van der Waals surface area contributed by atoms with Gasteiger partial charge in [0, 0.05) is 42.7 Å². The summed E-state index contributed by atoms with van der Waals surface area (Å²) in [5, 5.41) is 15.3. The van der Waals surface area contributed by atoms with E-state index in [1.807, 2.05) is 26.4 Å². The summed E-state index contributed by atoms with van der Waals surface area (Å²) < 4.78 is 0.